The van der Waals surface area contributed by atoms with Crippen molar-refractivity contribution in [3.63, 3.8) is 0 Å². The molecule has 7 heteroatoms. The summed E-state index contributed by atoms with van der Waals surface area (Å²) in [5.74, 6) is -0.691. The second kappa shape index (κ2) is 7.56. The second-order valence-corrected chi connectivity index (χ2v) is 4.94. The molecule has 0 unspecified atom stereocenters. The molecule has 7 nitrogen and oxygen atoms in total. The lowest BCUT2D eigenvalue weighted by Gasteiger charge is -2.26. The molecule has 1 fully saturated rings. The first kappa shape index (κ1) is 16.0. The molecule has 0 radical (unpaired) electrons. The van der Waals surface area contributed by atoms with Gasteiger partial charge in [-0.15, -0.1) is 0 Å². The monoisotopic (exact) mass is 305 g/mol. The van der Waals surface area contributed by atoms with Crippen LogP contribution in [-0.2, 0) is 14.3 Å². The summed E-state index contributed by atoms with van der Waals surface area (Å²) in [6, 6.07) is 6.55. The first-order valence-electron chi connectivity index (χ1n) is 7.07. The van der Waals surface area contributed by atoms with E-state index in [0.29, 0.717) is 37.6 Å². The molecule has 1 aliphatic heterocycles. The average Bonchev–Trinajstić information content (AvgIpc) is 2.52. The van der Waals surface area contributed by atoms with Gasteiger partial charge in [-0.25, -0.2) is 0 Å². The molecule has 0 bridgehead atoms. The summed E-state index contributed by atoms with van der Waals surface area (Å²) in [6.07, 6.45) is 0. The van der Waals surface area contributed by atoms with Crippen LogP contribution in [0.3, 0.4) is 0 Å². The number of morpholine rings is 1. The average molecular weight is 305 g/mol. The Morgan fingerprint density at radius 3 is 2.64 bits per heavy atom. The largest absolute Gasteiger partial charge is 0.378 e. The Bertz CT molecular complexity index is 568. The van der Waals surface area contributed by atoms with Crippen LogP contribution in [0.2, 0.25) is 0 Å². The van der Waals surface area contributed by atoms with Gasteiger partial charge in [0, 0.05) is 31.3 Å². The van der Waals surface area contributed by atoms with Gasteiger partial charge in [-0.3, -0.25) is 14.4 Å². The Labute approximate surface area is 128 Å². The molecule has 0 saturated carbocycles. The molecule has 0 spiro atoms. The zero-order valence-corrected chi connectivity index (χ0v) is 12.4. The molecule has 0 atom stereocenters. The molecule has 3 amide bonds. The van der Waals surface area contributed by atoms with Crippen molar-refractivity contribution in [2.75, 3.05) is 38.2 Å². The predicted molar refractivity (Wildman–Crippen MR) is 80.5 cm³/mol. The standard InChI is InChI=1S/C15H19N3O4/c1-11(19)17-13-4-2-3-12(9-13)15(21)16-10-14(20)18-5-7-22-8-6-18/h2-4,9H,5-8,10H2,1H3,(H,16,21)(H,17,19). The maximum absolute atomic E-state index is 12.1. The first-order valence-corrected chi connectivity index (χ1v) is 7.07. The topological polar surface area (TPSA) is 87.7 Å². The summed E-state index contributed by atoms with van der Waals surface area (Å²) in [5, 5.41) is 5.20. The Balaban J connectivity index is 1.88. The van der Waals surface area contributed by atoms with Crippen LogP contribution in [0, 0.1) is 0 Å². The minimum absolute atomic E-state index is 0.0524. The highest BCUT2D eigenvalue weighted by atomic mass is 16.5. The molecule has 2 N–H and O–H groups in total. The van der Waals surface area contributed by atoms with Crippen LogP contribution in [0.1, 0.15) is 17.3 Å². The lowest BCUT2D eigenvalue weighted by atomic mass is 10.2. The highest BCUT2D eigenvalue weighted by Crippen LogP contribution is 2.10. The summed E-state index contributed by atoms with van der Waals surface area (Å²) in [6.45, 7) is 3.49. The van der Waals surface area contributed by atoms with Gasteiger partial charge in [-0.1, -0.05) is 6.07 Å². The van der Waals surface area contributed by atoms with E-state index in [9.17, 15) is 14.4 Å². The molecule has 2 rings (SSSR count). The Hall–Kier alpha value is -2.41. The molecule has 118 valence electrons. The minimum Gasteiger partial charge on any atom is -0.378 e. The van der Waals surface area contributed by atoms with E-state index in [4.69, 9.17) is 4.74 Å². The maximum Gasteiger partial charge on any atom is 0.251 e. The zero-order valence-electron chi connectivity index (χ0n) is 12.4. The van der Waals surface area contributed by atoms with Crippen molar-refractivity contribution >= 4 is 23.4 Å². The lowest BCUT2D eigenvalue weighted by molar-refractivity contribution is -0.134. The highest BCUT2D eigenvalue weighted by Gasteiger charge is 2.17. The normalized spacial score (nSPS) is 14.3. The number of hydrogen-bond donors (Lipinski definition) is 2. The molecule has 1 aliphatic rings. The number of carbonyl (C=O) groups is 3. The van der Waals surface area contributed by atoms with E-state index in [-0.39, 0.29) is 24.3 Å². The van der Waals surface area contributed by atoms with Crippen LogP contribution < -0.4 is 10.6 Å². The van der Waals surface area contributed by atoms with Gasteiger partial charge in [0.05, 0.1) is 19.8 Å². The fraction of sp³-hybridized carbons (Fsp3) is 0.400. The first-order chi connectivity index (χ1) is 10.6. The summed E-state index contributed by atoms with van der Waals surface area (Å²) < 4.78 is 5.17. The van der Waals surface area contributed by atoms with Crippen molar-refractivity contribution < 1.29 is 19.1 Å². The Morgan fingerprint density at radius 2 is 1.95 bits per heavy atom. The fourth-order valence-corrected chi connectivity index (χ4v) is 2.12. The number of nitrogens with one attached hydrogen (secondary N) is 2. The third-order valence-electron chi connectivity index (χ3n) is 3.21. The molecule has 22 heavy (non-hydrogen) atoms. The van der Waals surface area contributed by atoms with E-state index in [1.54, 1.807) is 29.2 Å². The van der Waals surface area contributed by atoms with E-state index >= 15 is 0 Å². The summed E-state index contributed by atoms with van der Waals surface area (Å²) in [4.78, 5) is 36.7. The molecule has 1 heterocycles. The third kappa shape index (κ3) is 4.56. The van der Waals surface area contributed by atoms with Gasteiger partial charge < -0.3 is 20.3 Å². The van der Waals surface area contributed by atoms with Crippen LogP contribution in [0.15, 0.2) is 24.3 Å². The number of amides is 3. The van der Waals surface area contributed by atoms with Crippen LogP contribution in [-0.4, -0.2) is 55.5 Å². The van der Waals surface area contributed by atoms with Gasteiger partial charge in [0.2, 0.25) is 11.8 Å². The van der Waals surface area contributed by atoms with Crippen molar-refractivity contribution in [3.8, 4) is 0 Å². The van der Waals surface area contributed by atoms with Gasteiger partial charge in [0.25, 0.3) is 5.91 Å². The summed E-state index contributed by atoms with van der Waals surface area (Å²) >= 11 is 0. The van der Waals surface area contributed by atoms with E-state index in [2.05, 4.69) is 10.6 Å². The molecule has 1 aromatic carbocycles. The van der Waals surface area contributed by atoms with Crippen molar-refractivity contribution in [1.82, 2.24) is 10.2 Å². The number of benzene rings is 1. The third-order valence-corrected chi connectivity index (χ3v) is 3.21. The van der Waals surface area contributed by atoms with Crippen LogP contribution in [0.4, 0.5) is 5.69 Å². The van der Waals surface area contributed by atoms with Crippen molar-refractivity contribution in [2.45, 2.75) is 6.92 Å². The number of hydrogen-bond acceptors (Lipinski definition) is 4. The minimum atomic E-state index is -0.353. The lowest BCUT2D eigenvalue weighted by Crippen LogP contribution is -2.45. The van der Waals surface area contributed by atoms with Crippen LogP contribution in [0.5, 0.6) is 0 Å². The molecule has 1 aromatic rings. The maximum atomic E-state index is 12.1. The number of nitrogens with zero attached hydrogens (tertiary/aromatic N) is 1. The predicted octanol–water partition coefficient (Wildman–Crippen LogP) is 0.234. The molecule has 1 saturated heterocycles. The summed E-state index contributed by atoms with van der Waals surface area (Å²) in [7, 11) is 0. The van der Waals surface area contributed by atoms with E-state index < -0.39 is 0 Å². The number of carbonyl (C=O) groups excluding carboxylic acids is 3. The molecular formula is C15H19N3O4. The van der Waals surface area contributed by atoms with E-state index in [1.165, 1.54) is 6.92 Å². The highest BCUT2D eigenvalue weighted by molar-refractivity contribution is 5.98. The molecular weight excluding hydrogens is 286 g/mol. The summed E-state index contributed by atoms with van der Waals surface area (Å²) in [5.41, 5.74) is 0.931. The molecule has 0 aliphatic carbocycles. The van der Waals surface area contributed by atoms with Gasteiger partial charge in [-0.05, 0) is 18.2 Å². The van der Waals surface area contributed by atoms with E-state index in [1.807, 2.05) is 0 Å². The van der Waals surface area contributed by atoms with Gasteiger partial charge in [0.1, 0.15) is 0 Å². The number of ether oxygens (including phenoxy) is 1. The Morgan fingerprint density at radius 1 is 1.23 bits per heavy atom. The smallest absolute Gasteiger partial charge is 0.251 e. The van der Waals surface area contributed by atoms with Gasteiger partial charge in [0.15, 0.2) is 0 Å². The van der Waals surface area contributed by atoms with Crippen LogP contribution in [0.25, 0.3) is 0 Å². The van der Waals surface area contributed by atoms with Crippen molar-refractivity contribution in [3.05, 3.63) is 29.8 Å². The van der Waals surface area contributed by atoms with Crippen molar-refractivity contribution in [1.29, 1.82) is 0 Å². The fourth-order valence-electron chi connectivity index (χ4n) is 2.12. The molecule has 0 aromatic heterocycles. The second-order valence-electron chi connectivity index (χ2n) is 4.94. The van der Waals surface area contributed by atoms with Gasteiger partial charge >= 0.3 is 0 Å². The van der Waals surface area contributed by atoms with Crippen molar-refractivity contribution in [2.24, 2.45) is 0 Å². The quantitative estimate of drug-likeness (QED) is 0.834. The number of rotatable bonds is 4. The SMILES string of the molecule is CC(=O)Nc1cccc(C(=O)NCC(=O)N2CCOCC2)c1. The van der Waals surface area contributed by atoms with Gasteiger partial charge in [-0.2, -0.15) is 0 Å². The van der Waals surface area contributed by atoms with E-state index in [0.717, 1.165) is 0 Å². The van der Waals surface area contributed by atoms with Crippen LogP contribution >= 0.6 is 0 Å². The zero-order chi connectivity index (χ0) is 15.9. The number of anilines is 1. The Kier molecular flexibility index (Phi) is 5.48.